The van der Waals surface area contributed by atoms with Gasteiger partial charge in [0.05, 0.1) is 24.3 Å². The van der Waals surface area contributed by atoms with Crippen molar-refractivity contribution in [2.45, 2.75) is 39.2 Å². The summed E-state index contributed by atoms with van der Waals surface area (Å²) in [6.07, 6.45) is 3.27. The highest BCUT2D eigenvalue weighted by Gasteiger charge is 2.24. The predicted octanol–water partition coefficient (Wildman–Crippen LogP) is 6.11. The summed E-state index contributed by atoms with van der Waals surface area (Å²) in [5.74, 6) is 2.18. The number of anilines is 1. The highest BCUT2D eigenvalue weighted by Crippen LogP contribution is 2.28. The van der Waals surface area contributed by atoms with E-state index < -0.39 is 0 Å². The Labute approximate surface area is 212 Å². The Balaban J connectivity index is 1.50. The smallest absolute Gasteiger partial charge is 0.319 e. The van der Waals surface area contributed by atoms with E-state index in [-0.39, 0.29) is 12.1 Å². The van der Waals surface area contributed by atoms with Crippen molar-refractivity contribution in [2.24, 2.45) is 11.8 Å². The lowest BCUT2D eigenvalue weighted by molar-refractivity contribution is 0.157. The SMILES string of the molecule is COc1cc(NC(=O)N[C@H](CN2CCC(Cc3ccc(Cl)c(Cl)c3)CC2)C(C)C)cc(OC)c1. The van der Waals surface area contributed by atoms with Gasteiger partial charge in [0.1, 0.15) is 11.5 Å². The molecule has 8 heteroatoms. The average Bonchev–Trinajstić information content (AvgIpc) is 2.81. The lowest BCUT2D eigenvalue weighted by atomic mass is 9.89. The Bertz CT molecular complexity index is 940. The van der Waals surface area contributed by atoms with Crippen LogP contribution in [0.1, 0.15) is 32.3 Å². The van der Waals surface area contributed by atoms with Crippen LogP contribution in [0, 0.1) is 11.8 Å². The fourth-order valence-electron chi connectivity index (χ4n) is 4.29. The summed E-state index contributed by atoms with van der Waals surface area (Å²) in [6.45, 7) is 7.14. The Morgan fingerprint density at radius 3 is 2.24 bits per heavy atom. The third-order valence-corrected chi connectivity index (χ3v) is 7.14. The van der Waals surface area contributed by atoms with E-state index in [1.807, 2.05) is 12.1 Å². The normalized spacial score (nSPS) is 15.7. The molecule has 0 aliphatic carbocycles. The van der Waals surface area contributed by atoms with Gasteiger partial charge in [0, 0.05) is 36.5 Å². The van der Waals surface area contributed by atoms with E-state index in [4.69, 9.17) is 32.7 Å². The second-order valence-corrected chi connectivity index (χ2v) is 10.1. The average molecular weight is 508 g/mol. The van der Waals surface area contributed by atoms with E-state index in [0.717, 1.165) is 38.9 Å². The number of ether oxygens (including phenoxy) is 2. The third-order valence-electron chi connectivity index (χ3n) is 6.40. The zero-order valence-electron chi connectivity index (χ0n) is 20.4. The molecule has 0 saturated carbocycles. The Morgan fingerprint density at radius 1 is 1.03 bits per heavy atom. The molecule has 0 aromatic heterocycles. The van der Waals surface area contributed by atoms with Crippen molar-refractivity contribution in [2.75, 3.05) is 39.2 Å². The molecule has 2 aromatic carbocycles. The van der Waals surface area contributed by atoms with Gasteiger partial charge in [-0.05, 0) is 61.9 Å². The van der Waals surface area contributed by atoms with E-state index in [0.29, 0.717) is 39.1 Å². The number of nitrogens with one attached hydrogen (secondary N) is 2. The maximum Gasteiger partial charge on any atom is 0.319 e. The topological polar surface area (TPSA) is 62.8 Å². The van der Waals surface area contributed by atoms with Crippen molar-refractivity contribution in [1.82, 2.24) is 10.2 Å². The van der Waals surface area contributed by atoms with Crippen LogP contribution >= 0.6 is 23.2 Å². The molecule has 186 valence electrons. The van der Waals surface area contributed by atoms with Crippen molar-refractivity contribution >= 4 is 34.9 Å². The molecular weight excluding hydrogens is 473 g/mol. The van der Waals surface area contributed by atoms with Crippen LogP contribution in [0.2, 0.25) is 10.0 Å². The Kier molecular flexibility index (Phi) is 9.74. The molecule has 1 aliphatic heterocycles. The third kappa shape index (κ3) is 7.69. The zero-order chi connectivity index (χ0) is 24.7. The molecule has 1 fully saturated rings. The molecular formula is C26H35Cl2N3O3. The number of hydrogen-bond donors (Lipinski definition) is 2. The molecule has 0 unspecified atom stereocenters. The van der Waals surface area contributed by atoms with Gasteiger partial charge in [0.15, 0.2) is 0 Å². The van der Waals surface area contributed by atoms with E-state index in [1.165, 1.54) is 5.56 Å². The fraction of sp³-hybridized carbons (Fsp3) is 0.500. The number of benzene rings is 2. The highest BCUT2D eigenvalue weighted by atomic mass is 35.5. The van der Waals surface area contributed by atoms with Crippen LogP contribution in [-0.2, 0) is 6.42 Å². The zero-order valence-corrected chi connectivity index (χ0v) is 21.9. The Morgan fingerprint density at radius 2 is 1.68 bits per heavy atom. The van der Waals surface area contributed by atoms with E-state index in [9.17, 15) is 4.79 Å². The van der Waals surface area contributed by atoms with Crippen LogP contribution in [0.15, 0.2) is 36.4 Å². The van der Waals surface area contributed by atoms with Crippen molar-refractivity contribution in [3.63, 3.8) is 0 Å². The monoisotopic (exact) mass is 507 g/mol. The van der Waals surface area contributed by atoms with Gasteiger partial charge in [-0.1, -0.05) is 43.1 Å². The number of likely N-dealkylation sites (tertiary alicyclic amines) is 1. The molecule has 2 aromatic rings. The van der Waals surface area contributed by atoms with Gasteiger partial charge in [-0.2, -0.15) is 0 Å². The first kappa shape index (κ1) is 26.5. The number of nitrogens with zero attached hydrogens (tertiary/aromatic N) is 1. The standard InChI is InChI=1S/C26H35Cl2N3O3/c1-17(2)25(30-26(32)29-20-13-21(33-3)15-22(14-20)34-4)16-31-9-7-18(8-10-31)11-19-5-6-23(27)24(28)12-19/h5-6,12-15,17-18,25H,7-11,16H2,1-4H3,(H2,29,30,32)/t25-/m1/s1. The lowest BCUT2D eigenvalue weighted by Gasteiger charge is -2.35. The van der Waals surface area contributed by atoms with Gasteiger partial charge in [0.25, 0.3) is 0 Å². The van der Waals surface area contributed by atoms with Gasteiger partial charge < -0.3 is 25.0 Å². The summed E-state index contributed by atoms with van der Waals surface area (Å²) >= 11 is 12.2. The second kappa shape index (κ2) is 12.5. The summed E-state index contributed by atoms with van der Waals surface area (Å²) < 4.78 is 10.6. The fourth-order valence-corrected chi connectivity index (χ4v) is 4.61. The summed E-state index contributed by atoms with van der Waals surface area (Å²) in [5.41, 5.74) is 1.86. The summed E-state index contributed by atoms with van der Waals surface area (Å²) in [7, 11) is 3.17. The van der Waals surface area contributed by atoms with Crippen LogP contribution < -0.4 is 20.1 Å². The maximum absolute atomic E-state index is 12.7. The molecule has 6 nitrogen and oxygen atoms in total. The van der Waals surface area contributed by atoms with Crippen LogP contribution in [0.4, 0.5) is 10.5 Å². The molecule has 0 bridgehead atoms. The molecule has 1 saturated heterocycles. The molecule has 1 atom stereocenters. The molecule has 2 N–H and O–H groups in total. The Hall–Kier alpha value is -2.15. The first-order chi connectivity index (χ1) is 16.3. The number of methoxy groups -OCH3 is 2. The number of hydrogen-bond acceptors (Lipinski definition) is 4. The van der Waals surface area contributed by atoms with Gasteiger partial charge in [-0.15, -0.1) is 0 Å². The summed E-state index contributed by atoms with van der Waals surface area (Å²) in [6, 6.07) is 11.0. The number of carbonyl (C=O) groups excluding carboxylic acids is 1. The molecule has 1 aliphatic rings. The minimum atomic E-state index is -0.233. The van der Waals surface area contributed by atoms with Crippen molar-refractivity contribution < 1.29 is 14.3 Å². The molecule has 1 heterocycles. The lowest BCUT2D eigenvalue weighted by Crippen LogP contribution is -2.49. The number of halogens is 2. The molecule has 3 rings (SSSR count). The highest BCUT2D eigenvalue weighted by molar-refractivity contribution is 6.42. The van der Waals surface area contributed by atoms with E-state index in [2.05, 4.69) is 35.4 Å². The molecule has 34 heavy (non-hydrogen) atoms. The van der Waals surface area contributed by atoms with E-state index in [1.54, 1.807) is 32.4 Å². The van der Waals surface area contributed by atoms with Gasteiger partial charge in [-0.3, -0.25) is 0 Å². The largest absolute Gasteiger partial charge is 0.497 e. The maximum atomic E-state index is 12.7. The quantitative estimate of drug-likeness (QED) is 0.429. The summed E-state index contributed by atoms with van der Waals surface area (Å²) in [5, 5.41) is 7.28. The minimum absolute atomic E-state index is 0.0409. The van der Waals surface area contributed by atoms with Crippen LogP contribution in [0.5, 0.6) is 11.5 Å². The first-order valence-corrected chi connectivity index (χ1v) is 12.5. The van der Waals surface area contributed by atoms with Crippen molar-refractivity contribution in [3.05, 3.63) is 52.0 Å². The van der Waals surface area contributed by atoms with Gasteiger partial charge in [0.2, 0.25) is 0 Å². The van der Waals surface area contributed by atoms with E-state index >= 15 is 0 Å². The first-order valence-electron chi connectivity index (χ1n) is 11.7. The number of piperidine rings is 1. The molecule has 0 spiro atoms. The van der Waals surface area contributed by atoms with Crippen LogP contribution in [0.25, 0.3) is 0 Å². The minimum Gasteiger partial charge on any atom is -0.497 e. The number of urea groups is 1. The number of carbonyl (C=O) groups is 1. The van der Waals surface area contributed by atoms with Gasteiger partial charge in [-0.25, -0.2) is 4.79 Å². The second-order valence-electron chi connectivity index (χ2n) is 9.25. The molecule has 2 amide bonds. The predicted molar refractivity (Wildman–Crippen MR) is 140 cm³/mol. The van der Waals surface area contributed by atoms with Gasteiger partial charge >= 0.3 is 6.03 Å². The summed E-state index contributed by atoms with van der Waals surface area (Å²) in [4.78, 5) is 15.2. The number of rotatable bonds is 9. The number of amides is 2. The van der Waals surface area contributed by atoms with Crippen molar-refractivity contribution in [1.29, 1.82) is 0 Å². The van der Waals surface area contributed by atoms with Crippen LogP contribution in [0.3, 0.4) is 0 Å². The molecule has 0 radical (unpaired) electrons. The van der Waals surface area contributed by atoms with Crippen LogP contribution in [-0.4, -0.2) is 50.8 Å². The van der Waals surface area contributed by atoms with Crippen molar-refractivity contribution in [3.8, 4) is 11.5 Å².